The maximum atomic E-state index is 13.0. The molecule has 1 heterocycles. The van der Waals surface area contributed by atoms with Gasteiger partial charge in [-0.25, -0.2) is 4.98 Å². The Bertz CT molecular complexity index is 922. The Labute approximate surface area is 157 Å². The number of rotatable bonds is 8. The van der Waals surface area contributed by atoms with Crippen LogP contribution in [0.3, 0.4) is 0 Å². The Hall–Kier alpha value is -2.31. The molecule has 0 bridgehead atoms. The van der Waals surface area contributed by atoms with Gasteiger partial charge in [-0.15, -0.1) is 0 Å². The standard InChI is InChI=1S/C20H22N2O3S/c1-24-12-5-13-26-20-21-18-7-4-3-6-17(18)19(23)22(20)14-15-8-10-16(25-2)11-9-15/h3-4,6-11H,5,12-14H2,1-2H3. The highest BCUT2D eigenvalue weighted by Crippen LogP contribution is 2.20. The van der Waals surface area contributed by atoms with Gasteiger partial charge in [-0.2, -0.15) is 0 Å². The number of hydrogen-bond donors (Lipinski definition) is 0. The lowest BCUT2D eigenvalue weighted by Crippen LogP contribution is -2.24. The lowest BCUT2D eigenvalue weighted by Gasteiger charge is -2.13. The van der Waals surface area contributed by atoms with Gasteiger partial charge in [0.25, 0.3) is 5.56 Å². The van der Waals surface area contributed by atoms with Crippen molar-refractivity contribution in [2.45, 2.75) is 18.1 Å². The molecule has 0 unspecified atom stereocenters. The van der Waals surface area contributed by atoms with Crippen molar-refractivity contribution in [2.24, 2.45) is 0 Å². The summed E-state index contributed by atoms with van der Waals surface area (Å²) in [5.41, 5.74) is 1.75. The molecule has 3 rings (SSSR count). The van der Waals surface area contributed by atoms with Crippen LogP contribution < -0.4 is 10.3 Å². The number of nitrogens with zero attached hydrogens (tertiary/aromatic N) is 2. The third-order valence-corrected chi connectivity index (χ3v) is 5.11. The molecule has 0 aliphatic rings. The molecule has 0 radical (unpaired) electrons. The molecule has 0 spiro atoms. The summed E-state index contributed by atoms with van der Waals surface area (Å²) >= 11 is 1.59. The average molecular weight is 370 g/mol. The number of thioether (sulfide) groups is 1. The first-order valence-electron chi connectivity index (χ1n) is 8.47. The third-order valence-electron chi connectivity index (χ3n) is 4.05. The highest BCUT2D eigenvalue weighted by atomic mass is 32.2. The smallest absolute Gasteiger partial charge is 0.262 e. The third kappa shape index (κ3) is 4.26. The van der Waals surface area contributed by atoms with Crippen LogP contribution in [0.25, 0.3) is 10.9 Å². The summed E-state index contributed by atoms with van der Waals surface area (Å²) in [5.74, 6) is 1.65. The molecule has 0 fully saturated rings. The molecule has 0 atom stereocenters. The topological polar surface area (TPSA) is 53.3 Å². The van der Waals surface area contributed by atoms with Crippen molar-refractivity contribution in [3.63, 3.8) is 0 Å². The molecular weight excluding hydrogens is 348 g/mol. The van der Waals surface area contributed by atoms with Crippen molar-refractivity contribution in [1.29, 1.82) is 0 Å². The lowest BCUT2D eigenvalue weighted by atomic mass is 10.2. The van der Waals surface area contributed by atoms with Crippen molar-refractivity contribution in [3.8, 4) is 5.75 Å². The number of benzene rings is 2. The van der Waals surface area contributed by atoms with Crippen molar-refractivity contribution >= 4 is 22.7 Å². The number of ether oxygens (including phenoxy) is 2. The molecular formula is C20H22N2O3S. The van der Waals surface area contributed by atoms with E-state index in [1.165, 1.54) is 0 Å². The number of hydrogen-bond acceptors (Lipinski definition) is 5. The normalized spacial score (nSPS) is 11.0. The molecule has 6 heteroatoms. The average Bonchev–Trinajstić information content (AvgIpc) is 2.68. The van der Waals surface area contributed by atoms with Crippen LogP contribution in [0, 0.1) is 0 Å². The van der Waals surface area contributed by atoms with E-state index in [0.29, 0.717) is 18.5 Å². The summed E-state index contributed by atoms with van der Waals surface area (Å²) in [5, 5.41) is 1.38. The predicted molar refractivity (Wildman–Crippen MR) is 105 cm³/mol. The van der Waals surface area contributed by atoms with Gasteiger partial charge in [-0.1, -0.05) is 36.0 Å². The summed E-state index contributed by atoms with van der Waals surface area (Å²) < 4.78 is 12.1. The molecule has 2 aromatic carbocycles. The van der Waals surface area contributed by atoms with Crippen molar-refractivity contribution in [1.82, 2.24) is 9.55 Å². The van der Waals surface area contributed by atoms with Crippen LogP contribution in [0.2, 0.25) is 0 Å². The van der Waals surface area contributed by atoms with Crippen LogP contribution in [-0.4, -0.2) is 36.1 Å². The van der Waals surface area contributed by atoms with Gasteiger partial charge >= 0.3 is 0 Å². The van der Waals surface area contributed by atoms with Gasteiger partial charge in [-0.05, 0) is 36.2 Å². The Morgan fingerprint density at radius 1 is 1.08 bits per heavy atom. The fraction of sp³-hybridized carbons (Fsp3) is 0.300. The zero-order valence-electron chi connectivity index (χ0n) is 15.0. The van der Waals surface area contributed by atoms with E-state index >= 15 is 0 Å². The second-order valence-electron chi connectivity index (χ2n) is 5.85. The molecule has 0 amide bonds. The number of para-hydroxylation sites is 1. The minimum atomic E-state index is -0.0133. The summed E-state index contributed by atoms with van der Waals surface area (Å²) in [6.45, 7) is 1.18. The number of aromatic nitrogens is 2. The van der Waals surface area contributed by atoms with Crippen LogP contribution in [0.1, 0.15) is 12.0 Å². The second kappa shape index (κ2) is 8.87. The SMILES string of the molecule is COCCCSc1nc2ccccc2c(=O)n1Cc1ccc(OC)cc1. The first-order chi connectivity index (χ1) is 12.7. The van der Waals surface area contributed by atoms with Gasteiger partial charge in [0.1, 0.15) is 5.75 Å². The molecule has 0 aliphatic heterocycles. The van der Waals surface area contributed by atoms with Crippen molar-refractivity contribution in [2.75, 3.05) is 26.6 Å². The highest BCUT2D eigenvalue weighted by molar-refractivity contribution is 7.99. The van der Waals surface area contributed by atoms with Gasteiger partial charge in [-0.3, -0.25) is 9.36 Å². The van der Waals surface area contributed by atoms with Crippen LogP contribution in [0.4, 0.5) is 0 Å². The zero-order chi connectivity index (χ0) is 18.4. The molecule has 3 aromatic rings. The lowest BCUT2D eigenvalue weighted by molar-refractivity contribution is 0.200. The van der Waals surface area contributed by atoms with Gasteiger partial charge < -0.3 is 9.47 Å². The van der Waals surface area contributed by atoms with Gasteiger partial charge in [0.05, 0.1) is 24.6 Å². The van der Waals surface area contributed by atoms with Crippen LogP contribution >= 0.6 is 11.8 Å². The Morgan fingerprint density at radius 2 is 1.85 bits per heavy atom. The minimum Gasteiger partial charge on any atom is -0.497 e. The second-order valence-corrected chi connectivity index (χ2v) is 6.91. The quantitative estimate of drug-likeness (QED) is 0.345. The molecule has 0 saturated carbocycles. The zero-order valence-corrected chi connectivity index (χ0v) is 15.8. The monoisotopic (exact) mass is 370 g/mol. The minimum absolute atomic E-state index is 0.0133. The fourth-order valence-electron chi connectivity index (χ4n) is 2.68. The number of methoxy groups -OCH3 is 2. The van der Waals surface area contributed by atoms with Crippen LogP contribution in [-0.2, 0) is 11.3 Å². The summed E-state index contributed by atoms with van der Waals surface area (Å²) in [7, 11) is 3.33. The van der Waals surface area contributed by atoms with E-state index in [2.05, 4.69) is 0 Å². The number of fused-ring (bicyclic) bond motifs is 1. The molecule has 1 aromatic heterocycles. The van der Waals surface area contributed by atoms with E-state index in [-0.39, 0.29) is 5.56 Å². The summed E-state index contributed by atoms with van der Waals surface area (Å²) in [4.78, 5) is 17.7. The molecule has 26 heavy (non-hydrogen) atoms. The molecule has 0 aliphatic carbocycles. The van der Waals surface area contributed by atoms with E-state index in [1.54, 1.807) is 30.5 Å². The predicted octanol–water partition coefficient (Wildman–Crippen LogP) is 3.58. The summed E-state index contributed by atoms with van der Waals surface area (Å²) in [6, 6.07) is 15.2. The molecule has 5 nitrogen and oxygen atoms in total. The van der Waals surface area contributed by atoms with Crippen molar-refractivity contribution in [3.05, 3.63) is 64.4 Å². The van der Waals surface area contributed by atoms with Crippen molar-refractivity contribution < 1.29 is 9.47 Å². The maximum absolute atomic E-state index is 13.0. The highest BCUT2D eigenvalue weighted by Gasteiger charge is 2.12. The first kappa shape index (κ1) is 18.5. The van der Waals surface area contributed by atoms with E-state index in [0.717, 1.165) is 34.2 Å². The first-order valence-corrected chi connectivity index (χ1v) is 9.45. The molecule has 0 saturated heterocycles. The largest absolute Gasteiger partial charge is 0.497 e. The van der Waals surface area contributed by atoms with Crippen LogP contribution in [0.15, 0.2) is 58.5 Å². The van der Waals surface area contributed by atoms with E-state index in [1.807, 2.05) is 48.5 Å². The fourth-order valence-corrected chi connectivity index (χ4v) is 3.59. The van der Waals surface area contributed by atoms with Gasteiger partial charge in [0.15, 0.2) is 5.16 Å². The van der Waals surface area contributed by atoms with E-state index < -0.39 is 0 Å². The van der Waals surface area contributed by atoms with E-state index in [9.17, 15) is 4.79 Å². The van der Waals surface area contributed by atoms with Gasteiger partial charge in [0.2, 0.25) is 0 Å². The van der Waals surface area contributed by atoms with Gasteiger partial charge in [0, 0.05) is 19.5 Å². The Balaban J connectivity index is 1.96. The molecule has 0 N–H and O–H groups in total. The summed E-state index contributed by atoms with van der Waals surface area (Å²) in [6.07, 6.45) is 0.909. The van der Waals surface area contributed by atoms with E-state index in [4.69, 9.17) is 14.5 Å². The van der Waals surface area contributed by atoms with Crippen LogP contribution in [0.5, 0.6) is 5.75 Å². The maximum Gasteiger partial charge on any atom is 0.262 e. The Morgan fingerprint density at radius 3 is 2.58 bits per heavy atom. The Kier molecular flexibility index (Phi) is 6.30. The molecule has 136 valence electrons.